The molecule has 0 unspecified atom stereocenters. The molecule has 140 valence electrons. The lowest BCUT2D eigenvalue weighted by molar-refractivity contribution is -0.390. The first-order valence-electron chi connectivity index (χ1n) is 7.85. The Bertz CT molecular complexity index is 969. The Hall–Kier alpha value is -2.72. The SMILES string of the molecule is O=C(CCn1cc(Br)c([N+](=O)[O-])n1)Nc1cnn(Cc2ccc(Cl)cc2)c1. The number of anilines is 1. The van der Waals surface area contributed by atoms with Gasteiger partial charge in [-0.1, -0.05) is 23.7 Å². The molecule has 2 aromatic heterocycles. The lowest BCUT2D eigenvalue weighted by Gasteiger charge is -2.02. The second-order valence-corrected chi connectivity index (χ2v) is 6.96. The van der Waals surface area contributed by atoms with Gasteiger partial charge in [-0.25, -0.2) is 0 Å². The van der Waals surface area contributed by atoms with E-state index in [0.717, 1.165) is 5.56 Å². The second kappa shape index (κ2) is 8.31. The smallest absolute Gasteiger partial charge is 0.358 e. The van der Waals surface area contributed by atoms with E-state index < -0.39 is 4.92 Å². The molecule has 0 aliphatic rings. The lowest BCUT2D eigenvalue weighted by Crippen LogP contribution is -2.14. The number of aryl methyl sites for hydroxylation is 1. The van der Waals surface area contributed by atoms with Gasteiger partial charge in [-0.15, -0.1) is 0 Å². The van der Waals surface area contributed by atoms with Crippen LogP contribution in [0, 0.1) is 10.1 Å². The Balaban J connectivity index is 1.52. The topological polar surface area (TPSA) is 108 Å². The van der Waals surface area contributed by atoms with Crippen LogP contribution in [0.1, 0.15) is 12.0 Å². The molecular weight excluding hydrogens is 440 g/mol. The summed E-state index contributed by atoms with van der Waals surface area (Å²) in [6, 6.07) is 7.43. The lowest BCUT2D eigenvalue weighted by atomic mass is 10.2. The van der Waals surface area contributed by atoms with Crippen LogP contribution in [0.15, 0.2) is 47.3 Å². The number of amides is 1. The van der Waals surface area contributed by atoms with Gasteiger partial charge < -0.3 is 15.4 Å². The van der Waals surface area contributed by atoms with Crippen LogP contribution >= 0.6 is 27.5 Å². The van der Waals surface area contributed by atoms with E-state index in [1.165, 1.54) is 10.9 Å². The minimum atomic E-state index is -0.588. The van der Waals surface area contributed by atoms with Gasteiger partial charge in [0.1, 0.15) is 4.47 Å². The molecule has 0 radical (unpaired) electrons. The standard InChI is InChI=1S/C16H14BrClN6O3/c17-14-10-22(21-16(14)24(26)27)6-5-15(25)20-13-7-19-23(9-13)8-11-1-3-12(18)4-2-11/h1-4,7,9-10H,5-6,8H2,(H,20,25). The first-order valence-corrected chi connectivity index (χ1v) is 9.02. The van der Waals surface area contributed by atoms with E-state index in [9.17, 15) is 14.9 Å². The Morgan fingerprint density at radius 2 is 2.00 bits per heavy atom. The maximum atomic E-state index is 12.1. The fraction of sp³-hybridized carbons (Fsp3) is 0.188. The molecule has 11 heteroatoms. The van der Waals surface area contributed by atoms with Gasteiger partial charge in [0.2, 0.25) is 5.91 Å². The van der Waals surface area contributed by atoms with Crippen molar-refractivity contribution in [3.8, 4) is 0 Å². The Kier molecular flexibility index (Phi) is 5.87. The first-order chi connectivity index (χ1) is 12.9. The zero-order valence-corrected chi connectivity index (χ0v) is 16.2. The van der Waals surface area contributed by atoms with E-state index in [0.29, 0.717) is 17.3 Å². The van der Waals surface area contributed by atoms with Crippen molar-refractivity contribution >= 4 is 44.9 Å². The highest BCUT2D eigenvalue weighted by atomic mass is 79.9. The van der Waals surface area contributed by atoms with Crippen molar-refractivity contribution in [3.63, 3.8) is 0 Å². The molecule has 0 fully saturated rings. The number of aromatic nitrogens is 4. The third kappa shape index (κ3) is 5.14. The minimum Gasteiger partial charge on any atom is -0.358 e. The molecular formula is C16H14BrClN6O3. The molecule has 0 aliphatic heterocycles. The van der Waals surface area contributed by atoms with Crippen molar-refractivity contribution < 1.29 is 9.72 Å². The summed E-state index contributed by atoms with van der Waals surface area (Å²) in [6.07, 6.45) is 4.87. The Labute approximate surface area is 167 Å². The molecule has 1 amide bonds. The average Bonchev–Trinajstić information content (AvgIpc) is 3.21. The van der Waals surface area contributed by atoms with E-state index in [-0.39, 0.29) is 29.2 Å². The van der Waals surface area contributed by atoms with Crippen LogP contribution in [0.5, 0.6) is 0 Å². The molecule has 0 spiro atoms. The van der Waals surface area contributed by atoms with E-state index >= 15 is 0 Å². The van der Waals surface area contributed by atoms with Crippen LogP contribution in [0.25, 0.3) is 0 Å². The van der Waals surface area contributed by atoms with Crippen molar-refractivity contribution in [2.24, 2.45) is 0 Å². The number of benzene rings is 1. The summed E-state index contributed by atoms with van der Waals surface area (Å²) in [4.78, 5) is 22.2. The van der Waals surface area contributed by atoms with Crippen molar-refractivity contribution in [3.05, 3.63) is 68.0 Å². The molecule has 1 aromatic carbocycles. The van der Waals surface area contributed by atoms with Gasteiger partial charge in [0.05, 0.1) is 36.3 Å². The molecule has 0 atom stereocenters. The number of hydrogen-bond acceptors (Lipinski definition) is 5. The zero-order chi connectivity index (χ0) is 19.4. The maximum Gasteiger partial charge on any atom is 0.404 e. The number of carbonyl (C=O) groups excluding carboxylic acids is 1. The predicted octanol–water partition coefficient (Wildman–Crippen LogP) is 3.48. The number of nitrogens with zero attached hydrogens (tertiary/aromatic N) is 5. The van der Waals surface area contributed by atoms with Gasteiger partial charge >= 0.3 is 5.82 Å². The number of halogens is 2. The van der Waals surface area contributed by atoms with Crippen LogP contribution in [-0.4, -0.2) is 30.4 Å². The molecule has 9 nitrogen and oxygen atoms in total. The van der Waals surface area contributed by atoms with Gasteiger partial charge in [0, 0.05) is 17.6 Å². The highest BCUT2D eigenvalue weighted by Crippen LogP contribution is 2.22. The normalized spacial score (nSPS) is 10.7. The molecule has 2 heterocycles. The maximum absolute atomic E-state index is 12.1. The molecule has 0 saturated heterocycles. The van der Waals surface area contributed by atoms with Crippen molar-refractivity contribution in [2.45, 2.75) is 19.5 Å². The number of carbonyl (C=O) groups is 1. The summed E-state index contributed by atoms with van der Waals surface area (Å²) >= 11 is 8.93. The summed E-state index contributed by atoms with van der Waals surface area (Å²) < 4.78 is 3.33. The quantitative estimate of drug-likeness (QED) is 0.435. The monoisotopic (exact) mass is 452 g/mol. The summed E-state index contributed by atoms with van der Waals surface area (Å²) in [5.41, 5.74) is 1.60. The van der Waals surface area contributed by atoms with Crippen molar-refractivity contribution in [1.29, 1.82) is 0 Å². The highest BCUT2D eigenvalue weighted by Gasteiger charge is 2.18. The average molecular weight is 454 g/mol. The summed E-state index contributed by atoms with van der Waals surface area (Å²) in [6.45, 7) is 0.773. The van der Waals surface area contributed by atoms with Crippen LogP contribution < -0.4 is 5.32 Å². The van der Waals surface area contributed by atoms with E-state index in [4.69, 9.17) is 11.6 Å². The number of rotatable bonds is 7. The molecule has 3 rings (SSSR count). The Morgan fingerprint density at radius 3 is 2.67 bits per heavy atom. The van der Waals surface area contributed by atoms with Gasteiger partial charge in [-0.05, 0) is 38.5 Å². The minimum absolute atomic E-state index is 0.119. The first kappa shape index (κ1) is 19.1. The van der Waals surface area contributed by atoms with Crippen LogP contribution in [0.4, 0.5) is 11.5 Å². The van der Waals surface area contributed by atoms with Crippen LogP contribution in [-0.2, 0) is 17.9 Å². The van der Waals surface area contributed by atoms with E-state index in [1.807, 2.05) is 12.1 Å². The van der Waals surface area contributed by atoms with Gasteiger partial charge in [0.25, 0.3) is 0 Å². The largest absolute Gasteiger partial charge is 0.404 e. The highest BCUT2D eigenvalue weighted by molar-refractivity contribution is 9.10. The molecule has 27 heavy (non-hydrogen) atoms. The zero-order valence-electron chi connectivity index (χ0n) is 13.9. The van der Waals surface area contributed by atoms with E-state index in [2.05, 4.69) is 31.4 Å². The van der Waals surface area contributed by atoms with Gasteiger partial charge in [-0.3, -0.25) is 9.48 Å². The molecule has 0 aliphatic carbocycles. The third-order valence-electron chi connectivity index (χ3n) is 3.61. The molecule has 3 aromatic rings. The molecule has 0 saturated carbocycles. The van der Waals surface area contributed by atoms with Crippen LogP contribution in [0.3, 0.4) is 0 Å². The Morgan fingerprint density at radius 1 is 1.26 bits per heavy atom. The number of nitro groups is 1. The van der Waals surface area contributed by atoms with Gasteiger partial charge in [0.15, 0.2) is 0 Å². The van der Waals surface area contributed by atoms with E-state index in [1.54, 1.807) is 29.2 Å². The molecule has 1 N–H and O–H groups in total. The third-order valence-corrected chi connectivity index (χ3v) is 4.43. The fourth-order valence-electron chi connectivity index (χ4n) is 2.36. The number of nitrogens with one attached hydrogen (secondary N) is 1. The van der Waals surface area contributed by atoms with Crippen molar-refractivity contribution in [2.75, 3.05) is 5.32 Å². The van der Waals surface area contributed by atoms with Crippen molar-refractivity contribution in [1.82, 2.24) is 19.6 Å². The number of hydrogen-bond donors (Lipinski definition) is 1. The summed E-state index contributed by atoms with van der Waals surface area (Å²) in [5.74, 6) is -0.519. The summed E-state index contributed by atoms with van der Waals surface area (Å²) in [5, 5.41) is 22.2. The molecule has 0 bridgehead atoms. The summed E-state index contributed by atoms with van der Waals surface area (Å²) in [7, 11) is 0. The second-order valence-electron chi connectivity index (χ2n) is 5.67. The fourth-order valence-corrected chi connectivity index (χ4v) is 2.94. The predicted molar refractivity (Wildman–Crippen MR) is 103 cm³/mol. The van der Waals surface area contributed by atoms with Gasteiger partial charge in [-0.2, -0.15) is 9.78 Å². The van der Waals surface area contributed by atoms with Crippen LogP contribution in [0.2, 0.25) is 5.02 Å².